The van der Waals surface area contributed by atoms with E-state index in [4.69, 9.17) is 9.90 Å². The Morgan fingerprint density at radius 3 is 1.57 bits per heavy atom. The normalized spacial score (nSPS) is 17.2. The van der Waals surface area contributed by atoms with Crippen LogP contribution in [0, 0.1) is 11.3 Å². The fourth-order valence-electron chi connectivity index (χ4n) is 1.97. The van der Waals surface area contributed by atoms with Crippen LogP contribution >= 0.6 is 0 Å². The predicted molar refractivity (Wildman–Crippen MR) is 61.3 cm³/mol. The largest absolute Gasteiger partial charge is 0.400 e. The molecule has 1 fully saturated rings. The first-order valence-corrected chi connectivity index (χ1v) is 5.34. The molecule has 1 N–H and O–H groups in total. The highest BCUT2D eigenvalue weighted by atomic mass is 16.2. The molecule has 0 aromatic carbocycles. The summed E-state index contributed by atoms with van der Waals surface area (Å²) < 4.78 is 0. The van der Waals surface area contributed by atoms with Crippen LogP contribution in [0.5, 0.6) is 0 Å². The monoisotopic (exact) mass is 202 g/mol. The number of rotatable bonds is 0. The van der Waals surface area contributed by atoms with Gasteiger partial charge in [0.2, 0.25) is 0 Å². The summed E-state index contributed by atoms with van der Waals surface area (Å²) in [5.74, 6) is 1.00. The molecule has 2 nitrogen and oxygen atoms in total. The van der Waals surface area contributed by atoms with Crippen LogP contribution in [0.2, 0.25) is 0 Å². The van der Waals surface area contributed by atoms with Crippen molar-refractivity contribution in [1.82, 2.24) is 0 Å². The Hall–Kier alpha value is -0.370. The van der Waals surface area contributed by atoms with Gasteiger partial charge in [0, 0.05) is 7.11 Å². The molecule has 1 rings (SSSR count). The average molecular weight is 202 g/mol. The number of carbonyl (C=O) groups is 1. The maximum Gasteiger partial charge on any atom is 0.106 e. The maximum atomic E-state index is 8.00. The molecular formula is C12H26O2. The molecule has 0 radical (unpaired) electrons. The van der Waals surface area contributed by atoms with E-state index in [0.717, 1.165) is 13.0 Å². The Labute approximate surface area is 88.7 Å². The van der Waals surface area contributed by atoms with Crippen molar-refractivity contribution in [3.63, 3.8) is 0 Å². The van der Waals surface area contributed by atoms with Crippen molar-refractivity contribution in [3.8, 4) is 0 Å². The number of hydrogen-bond donors (Lipinski definition) is 1. The second-order valence-electron chi connectivity index (χ2n) is 4.70. The lowest BCUT2D eigenvalue weighted by Crippen LogP contribution is -2.22. The van der Waals surface area contributed by atoms with Crippen molar-refractivity contribution in [2.45, 2.75) is 52.9 Å². The van der Waals surface area contributed by atoms with E-state index in [1.807, 2.05) is 6.79 Å². The van der Waals surface area contributed by atoms with Crippen LogP contribution in [0.3, 0.4) is 0 Å². The zero-order valence-electron chi connectivity index (χ0n) is 10.2. The minimum atomic E-state index is 0.570. The summed E-state index contributed by atoms with van der Waals surface area (Å²) in [6.07, 6.45) is 7.38. The van der Waals surface area contributed by atoms with Crippen molar-refractivity contribution >= 4 is 6.79 Å². The molecule has 14 heavy (non-hydrogen) atoms. The fourth-order valence-corrected chi connectivity index (χ4v) is 1.97. The van der Waals surface area contributed by atoms with E-state index in [1.54, 1.807) is 0 Å². The molecule has 0 atom stereocenters. The molecule has 2 heteroatoms. The molecule has 0 heterocycles. The third-order valence-corrected chi connectivity index (χ3v) is 2.83. The van der Waals surface area contributed by atoms with Gasteiger partial charge in [0.15, 0.2) is 0 Å². The Morgan fingerprint density at radius 1 is 1.00 bits per heavy atom. The van der Waals surface area contributed by atoms with E-state index < -0.39 is 0 Å². The average Bonchev–Trinajstić information content (AvgIpc) is 2.24. The lowest BCUT2D eigenvalue weighted by Gasteiger charge is -2.33. The zero-order chi connectivity index (χ0) is 11.6. The van der Waals surface area contributed by atoms with Gasteiger partial charge in [-0.2, -0.15) is 0 Å². The topological polar surface area (TPSA) is 37.3 Å². The van der Waals surface area contributed by atoms with Gasteiger partial charge in [-0.05, 0) is 24.2 Å². The van der Waals surface area contributed by atoms with Crippen molar-refractivity contribution < 1.29 is 9.90 Å². The Balaban J connectivity index is 0. The molecular weight excluding hydrogens is 176 g/mol. The summed E-state index contributed by atoms with van der Waals surface area (Å²) in [7, 11) is 1.00. The van der Waals surface area contributed by atoms with E-state index in [1.165, 1.54) is 32.1 Å². The van der Waals surface area contributed by atoms with Crippen molar-refractivity contribution in [1.29, 1.82) is 0 Å². The van der Waals surface area contributed by atoms with E-state index in [9.17, 15) is 0 Å². The van der Waals surface area contributed by atoms with Gasteiger partial charge in [-0.3, -0.25) is 0 Å². The number of aliphatic hydroxyl groups is 1. The standard InChI is InChI=1S/C10H20.CH4O.CH2O/c1-10(2,3)9-7-5-4-6-8-9;2*1-2/h9H,4-8H2,1-3H3;2H,1H3;1H2. The van der Waals surface area contributed by atoms with Gasteiger partial charge in [-0.25, -0.2) is 0 Å². The van der Waals surface area contributed by atoms with E-state index >= 15 is 0 Å². The third-order valence-electron chi connectivity index (χ3n) is 2.83. The first-order valence-electron chi connectivity index (χ1n) is 5.34. The lowest BCUT2D eigenvalue weighted by molar-refractivity contribution is -0.0979. The summed E-state index contributed by atoms with van der Waals surface area (Å²) in [6, 6.07) is 0. The molecule has 0 aromatic rings. The molecule has 0 bridgehead atoms. The minimum Gasteiger partial charge on any atom is -0.400 e. The van der Waals surface area contributed by atoms with Crippen LogP contribution in [0.4, 0.5) is 0 Å². The maximum absolute atomic E-state index is 8.00. The van der Waals surface area contributed by atoms with Crippen LogP contribution in [-0.2, 0) is 4.79 Å². The Morgan fingerprint density at radius 2 is 1.36 bits per heavy atom. The molecule has 1 aliphatic carbocycles. The van der Waals surface area contributed by atoms with E-state index in [0.29, 0.717) is 5.41 Å². The molecule has 0 unspecified atom stereocenters. The third kappa shape index (κ3) is 7.07. The minimum absolute atomic E-state index is 0.570. The first kappa shape index (κ1) is 16.1. The molecule has 0 saturated heterocycles. The highest BCUT2D eigenvalue weighted by molar-refractivity contribution is 5.10. The van der Waals surface area contributed by atoms with Crippen molar-refractivity contribution in [3.05, 3.63) is 0 Å². The SMILES string of the molecule is C=O.CC(C)(C)C1CCCCC1.CO. The lowest BCUT2D eigenvalue weighted by atomic mass is 9.72. The summed E-state index contributed by atoms with van der Waals surface area (Å²) in [5, 5.41) is 7.00. The number of hydrogen-bond acceptors (Lipinski definition) is 2. The molecule has 0 aliphatic heterocycles. The van der Waals surface area contributed by atoms with Gasteiger partial charge in [0.05, 0.1) is 0 Å². The fraction of sp³-hybridized carbons (Fsp3) is 0.917. The summed E-state index contributed by atoms with van der Waals surface area (Å²) in [4.78, 5) is 8.00. The molecule has 86 valence electrons. The van der Waals surface area contributed by atoms with Gasteiger partial charge in [-0.15, -0.1) is 0 Å². The van der Waals surface area contributed by atoms with Gasteiger partial charge in [0.25, 0.3) is 0 Å². The molecule has 1 saturated carbocycles. The van der Waals surface area contributed by atoms with Crippen LogP contribution in [-0.4, -0.2) is 19.0 Å². The molecule has 0 amide bonds. The Bertz CT molecular complexity index is 110. The van der Waals surface area contributed by atoms with Gasteiger partial charge in [0.1, 0.15) is 6.79 Å². The van der Waals surface area contributed by atoms with Gasteiger partial charge < -0.3 is 9.90 Å². The van der Waals surface area contributed by atoms with Gasteiger partial charge >= 0.3 is 0 Å². The smallest absolute Gasteiger partial charge is 0.106 e. The number of carbonyl (C=O) groups excluding carboxylic acids is 1. The van der Waals surface area contributed by atoms with Gasteiger partial charge in [-0.1, -0.05) is 40.0 Å². The first-order chi connectivity index (χ1) is 6.61. The van der Waals surface area contributed by atoms with Crippen molar-refractivity contribution in [2.24, 2.45) is 11.3 Å². The molecule has 1 aliphatic rings. The zero-order valence-corrected chi connectivity index (χ0v) is 10.2. The highest BCUT2D eigenvalue weighted by Crippen LogP contribution is 2.37. The van der Waals surface area contributed by atoms with Crippen LogP contribution in [0.25, 0.3) is 0 Å². The molecule has 0 spiro atoms. The number of aliphatic hydroxyl groups excluding tert-OH is 1. The quantitative estimate of drug-likeness (QED) is 0.655. The predicted octanol–water partition coefficient (Wildman–Crippen LogP) is 3.04. The van der Waals surface area contributed by atoms with Crippen molar-refractivity contribution in [2.75, 3.05) is 7.11 Å². The summed E-state index contributed by atoms with van der Waals surface area (Å²) in [5.41, 5.74) is 0.570. The second-order valence-corrected chi connectivity index (χ2v) is 4.70. The summed E-state index contributed by atoms with van der Waals surface area (Å²) >= 11 is 0. The van der Waals surface area contributed by atoms with Crippen LogP contribution in [0.15, 0.2) is 0 Å². The van der Waals surface area contributed by atoms with Crippen LogP contribution < -0.4 is 0 Å². The van der Waals surface area contributed by atoms with Crippen LogP contribution in [0.1, 0.15) is 52.9 Å². The second kappa shape index (κ2) is 9.20. The highest BCUT2D eigenvalue weighted by Gasteiger charge is 2.25. The molecule has 0 aromatic heterocycles. The Kier molecular flexibility index (Phi) is 10.6. The van der Waals surface area contributed by atoms with E-state index in [-0.39, 0.29) is 0 Å². The summed E-state index contributed by atoms with van der Waals surface area (Å²) in [6.45, 7) is 9.13. The van der Waals surface area contributed by atoms with E-state index in [2.05, 4.69) is 20.8 Å².